The maximum atomic E-state index is 11.9. The Morgan fingerprint density at radius 1 is 1.18 bits per heavy atom. The van der Waals surface area contributed by atoms with Crippen molar-refractivity contribution in [3.63, 3.8) is 0 Å². The summed E-state index contributed by atoms with van der Waals surface area (Å²) in [6.45, 7) is 6.66. The zero-order valence-electron chi connectivity index (χ0n) is 10.7. The largest absolute Gasteiger partial charge is 0.462 e. The van der Waals surface area contributed by atoms with Crippen LogP contribution >= 0.6 is 0 Å². The summed E-state index contributed by atoms with van der Waals surface area (Å²) in [5, 5.41) is 9.09. The molecular formula is C12H20O5. The predicted octanol–water partition coefficient (Wildman–Crippen LogP) is 0.888. The van der Waals surface area contributed by atoms with Gasteiger partial charge < -0.3 is 14.6 Å². The number of aliphatic hydroxyl groups excluding tert-OH is 1. The topological polar surface area (TPSA) is 72.8 Å². The fourth-order valence-corrected chi connectivity index (χ4v) is 1.77. The van der Waals surface area contributed by atoms with Crippen LogP contribution in [0.2, 0.25) is 0 Å². The van der Waals surface area contributed by atoms with Gasteiger partial charge in [-0.25, -0.2) is 0 Å². The number of rotatable bonds is 5. The van der Waals surface area contributed by atoms with Gasteiger partial charge in [-0.05, 0) is 34.1 Å². The van der Waals surface area contributed by atoms with E-state index in [1.54, 1.807) is 27.7 Å². The van der Waals surface area contributed by atoms with Gasteiger partial charge in [-0.3, -0.25) is 9.59 Å². The van der Waals surface area contributed by atoms with Crippen molar-refractivity contribution in [3.05, 3.63) is 0 Å². The highest BCUT2D eigenvalue weighted by Crippen LogP contribution is 2.54. The molecule has 1 atom stereocenters. The Morgan fingerprint density at radius 3 is 1.82 bits per heavy atom. The Labute approximate surface area is 101 Å². The summed E-state index contributed by atoms with van der Waals surface area (Å²) in [4.78, 5) is 23.8. The molecule has 1 N–H and O–H groups in total. The first-order valence-electron chi connectivity index (χ1n) is 5.87. The van der Waals surface area contributed by atoms with Crippen molar-refractivity contribution in [2.45, 2.75) is 46.3 Å². The number of carbonyl (C=O) groups is 2. The van der Waals surface area contributed by atoms with Crippen LogP contribution in [0.25, 0.3) is 0 Å². The van der Waals surface area contributed by atoms with E-state index in [2.05, 4.69) is 0 Å². The molecule has 1 saturated carbocycles. The first-order chi connectivity index (χ1) is 7.84. The molecule has 0 aromatic heterocycles. The lowest BCUT2D eigenvalue weighted by molar-refractivity contribution is -0.170. The maximum absolute atomic E-state index is 11.9. The third-order valence-electron chi connectivity index (χ3n) is 2.74. The molecule has 0 radical (unpaired) electrons. The molecule has 0 amide bonds. The second-order valence-corrected chi connectivity index (χ2v) is 4.96. The van der Waals surface area contributed by atoms with Gasteiger partial charge in [-0.2, -0.15) is 0 Å². The summed E-state index contributed by atoms with van der Waals surface area (Å²) in [5.74, 6) is -1.55. The van der Waals surface area contributed by atoms with Crippen molar-refractivity contribution >= 4 is 11.9 Å². The van der Waals surface area contributed by atoms with Crippen LogP contribution in [0.4, 0.5) is 0 Å². The zero-order valence-corrected chi connectivity index (χ0v) is 10.7. The predicted molar refractivity (Wildman–Crippen MR) is 60.1 cm³/mol. The molecule has 0 aliphatic heterocycles. The van der Waals surface area contributed by atoms with Gasteiger partial charge in [0, 0.05) is 12.5 Å². The van der Waals surface area contributed by atoms with Crippen molar-refractivity contribution in [2.24, 2.45) is 11.3 Å². The second kappa shape index (κ2) is 5.04. The highest BCUT2D eigenvalue weighted by atomic mass is 16.6. The Bertz CT molecular complexity index is 286. The molecule has 0 aromatic carbocycles. The zero-order chi connectivity index (χ0) is 13.2. The van der Waals surface area contributed by atoms with Crippen LogP contribution < -0.4 is 0 Å². The minimum absolute atomic E-state index is 0.208. The minimum atomic E-state index is -1.27. The van der Waals surface area contributed by atoms with Crippen LogP contribution in [-0.2, 0) is 19.1 Å². The van der Waals surface area contributed by atoms with Crippen LogP contribution in [0.15, 0.2) is 0 Å². The van der Waals surface area contributed by atoms with Gasteiger partial charge in [0.05, 0.1) is 12.2 Å². The van der Waals surface area contributed by atoms with Crippen molar-refractivity contribution in [1.29, 1.82) is 0 Å². The van der Waals surface area contributed by atoms with Crippen molar-refractivity contribution < 1.29 is 24.2 Å². The Balaban J connectivity index is 2.78. The summed E-state index contributed by atoms with van der Waals surface area (Å²) in [5.41, 5.74) is -1.27. The van der Waals surface area contributed by atoms with E-state index in [0.717, 1.165) is 0 Å². The second-order valence-electron chi connectivity index (χ2n) is 4.96. The average Bonchev–Trinajstić information content (AvgIpc) is 2.90. The lowest BCUT2D eigenvalue weighted by atomic mass is 10.0. The van der Waals surface area contributed by atoms with Gasteiger partial charge in [0.15, 0.2) is 5.41 Å². The summed E-state index contributed by atoms with van der Waals surface area (Å²) < 4.78 is 10.1. The molecule has 98 valence electrons. The molecule has 5 nitrogen and oxygen atoms in total. The van der Waals surface area contributed by atoms with Crippen LogP contribution in [0, 0.1) is 11.3 Å². The smallest absolute Gasteiger partial charge is 0.324 e. The van der Waals surface area contributed by atoms with Gasteiger partial charge in [-0.15, -0.1) is 0 Å². The number of esters is 2. The first kappa shape index (κ1) is 14.0. The standard InChI is InChI=1S/C12H20O5/c1-7(2)16-10(14)12(5-9(12)6-13)11(15)17-8(3)4/h7-9,13H,5-6H2,1-4H3. The Kier molecular flexibility index (Phi) is 4.14. The van der Waals surface area contributed by atoms with Crippen molar-refractivity contribution in [1.82, 2.24) is 0 Å². The molecule has 0 saturated heterocycles. The molecule has 0 aromatic rings. The molecule has 17 heavy (non-hydrogen) atoms. The minimum Gasteiger partial charge on any atom is -0.462 e. The van der Waals surface area contributed by atoms with E-state index in [4.69, 9.17) is 14.6 Å². The third-order valence-corrected chi connectivity index (χ3v) is 2.74. The fraction of sp³-hybridized carbons (Fsp3) is 0.833. The SMILES string of the molecule is CC(C)OC(=O)C1(C(=O)OC(C)C)CC1CO. The van der Waals surface area contributed by atoms with E-state index < -0.39 is 17.4 Å². The highest BCUT2D eigenvalue weighted by molar-refractivity contribution is 6.04. The van der Waals surface area contributed by atoms with Crippen LogP contribution in [-0.4, -0.2) is 35.9 Å². The van der Waals surface area contributed by atoms with E-state index in [1.807, 2.05) is 0 Å². The van der Waals surface area contributed by atoms with Crippen LogP contribution in [0.3, 0.4) is 0 Å². The van der Waals surface area contributed by atoms with Gasteiger partial charge >= 0.3 is 11.9 Å². The average molecular weight is 244 g/mol. The quantitative estimate of drug-likeness (QED) is 0.574. The van der Waals surface area contributed by atoms with Crippen molar-refractivity contribution in [2.75, 3.05) is 6.61 Å². The Hall–Kier alpha value is -1.10. The third kappa shape index (κ3) is 2.77. The molecular weight excluding hydrogens is 224 g/mol. The Morgan fingerprint density at radius 2 is 1.59 bits per heavy atom. The van der Waals surface area contributed by atoms with Gasteiger partial charge in [-0.1, -0.05) is 0 Å². The van der Waals surface area contributed by atoms with Gasteiger partial charge in [0.2, 0.25) is 0 Å². The first-order valence-corrected chi connectivity index (χ1v) is 5.87. The number of hydrogen-bond donors (Lipinski definition) is 1. The summed E-state index contributed by atoms with van der Waals surface area (Å²) in [6.07, 6.45) is -0.266. The lowest BCUT2D eigenvalue weighted by Gasteiger charge is -2.18. The molecule has 1 rings (SSSR count). The van der Waals surface area contributed by atoms with E-state index in [1.165, 1.54) is 0 Å². The lowest BCUT2D eigenvalue weighted by Crippen LogP contribution is -2.35. The highest BCUT2D eigenvalue weighted by Gasteiger charge is 2.68. The van der Waals surface area contributed by atoms with E-state index in [0.29, 0.717) is 6.42 Å². The molecule has 0 bridgehead atoms. The van der Waals surface area contributed by atoms with Crippen LogP contribution in [0.1, 0.15) is 34.1 Å². The molecule has 1 aliphatic carbocycles. The molecule has 5 heteroatoms. The molecule has 0 spiro atoms. The number of ether oxygens (including phenoxy) is 2. The fourth-order valence-electron chi connectivity index (χ4n) is 1.77. The van der Waals surface area contributed by atoms with E-state index in [9.17, 15) is 9.59 Å². The molecule has 1 unspecified atom stereocenters. The number of hydrogen-bond acceptors (Lipinski definition) is 5. The summed E-state index contributed by atoms with van der Waals surface area (Å²) in [7, 11) is 0. The normalized spacial score (nSPS) is 21.5. The van der Waals surface area contributed by atoms with Crippen LogP contribution in [0.5, 0.6) is 0 Å². The summed E-state index contributed by atoms with van der Waals surface area (Å²) >= 11 is 0. The summed E-state index contributed by atoms with van der Waals surface area (Å²) in [6, 6.07) is 0. The number of carbonyl (C=O) groups excluding carboxylic acids is 2. The maximum Gasteiger partial charge on any atom is 0.324 e. The monoisotopic (exact) mass is 244 g/mol. The van der Waals surface area contributed by atoms with Gasteiger partial charge in [0.1, 0.15) is 0 Å². The number of aliphatic hydroxyl groups is 1. The van der Waals surface area contributed by atoms with Crippen molar-refractivity contribution in [3.8, 4) is 0 Å². The van der Waals surface area contributed by atoms with Gasteiger partial charge in [0.25, 0.3) is 0 Å². The molecule has 0 heterocycles. The molecule has 1 aliphatic rings. The van der Waals surface area contributed by atoms with E-state index in [-0.39, 0.29) is 24.7 Å². The van der Waals surface area contributed by atoms with E-state index >= 15 is 0 Å². The molecule has 1 fully saturated rings.